The van der Waals surface area contributed by atoms with Gasteiger partial charge in [0.25, 0.3) is 5.91 Å². The van der Waals surface area contributed by atoms with E-state index in [4.69, 9.17) is 21.7 Å². The van der Waals surface area contributed by atoms with Crippen molar-refractivity contribution in [3.05, 3.63) is 59.0 Å². The van der Waals surface area contributed by atoms with E-state index in [1.54, 1.807) is 37.3 Å². The lowest BCUT2D eigenvalue weighted by molar-refractivity contribution is -0.122. The summed E-state index contributed by atoms with van der Waals surface area (Å²) in [5, 5.41) is 2.84. The van der Waals surface area contributed by atoms with Gasteiger partial charge in [0.05, 0.1) is 19.1 Å². The average Bonchev–Trinajstić information content (AvgIpc) is 3.01. The summed E-state index contributed by atoms with van der Waals surface area (Å²) in [6.45, 7) is 0.399. The number of benzene rings is 2. The third-order valence-corrected chi connectivity index (χ3v) is 5.80. The highest BCUT2D eigenvalue weighted by Crippen LogP contribution is 2.34. The van der Waals surface area contributed by atoms with Crippen molar-refractivity contribution in [3.63, 3.8) is 0 Å². The molecule has 2 amide bonds. The Morgan fingerprint density at radius 1 is 1.13 bits per heavy atom. The quantitative estimate of drug-likeness (QED) is 0.485. The SMILES string of the molecule is COc1ccc(/C=C2\SC(=S)N(CCCC(=O)Nc3ccccc3)C2=O)cc1OC. The van der Waals surface area contributed by atoms with Gasteiger partial charge < -0.3 is 14.8 Å². The molecule has 0 spiro atoms. The van der Waals surface area contributed by atoms with Gasteiger partial charge in [0.15, 0.2) is 11.5 Å². The Kier molecular flexibility index (Phi) is 7.48. The van der Waals surface area contributed by atoms with E-state index >= 15 is 0 Å². The number of thioether (sulfide) groups is 1. The van der Waals surface area contributed by atoms with Crippen molar-refractivity contribution >= 4 is 51.9 Å². The topological polar surface area (TPSA) is 67.9 Å². The maximum Gasteiger partial charge on any atom is 0.266 e. The van der Waals surface area contributed by atoms with Crippen molar-refractivity contribution in [1.82, 2.24) is 4.90 Å². The molecule has 2 aromatic rings. The van der Waals surface area contributed by atoms with E-state index in [9.17, 15) is 9.59 Å². The highest BCUT2D eigenvalue weighted by molar-refractivity contribution is 8.26. The van der Waals surface area contributed by atoms with Crippen LogP contribution >= 0.6 is 24.0 Å². The molecule has 0 saturated carbocycles. The highest BCUT2D eigenvalue weighted by atomic mass is 32.2. The molecule has 0 radical (unpaired) electrons. The van der Waals surface area contributed by atoms with Gasteiger partial charge in [-0.15, -0.1) is 0 Å². The number of hydrogen-bond acceptors (Lipinski definition) is 6. The second-order valence-corrected chi connectivity index (χ2v) is 8.14. The third kappa shape index (κ3) is 5.40. The van der Waals surface area contributed by atoms with Gasteiger partial charge in [0.2, 0.25) is 5.91 Å². The van der Waals surface area contributed by atoms with Gasteiger partial charge >= 0.3 is 0 Å². The standard InChI is InChI=1S/C22H22N2O4S2/c1-27-17-11-10-15(13-18(17)28-2)14-19-21(26)24(22(29)30-19)12-6-9-20(25)23-16-7-4-3-5-8-16/h3-5,7-8,10-11,13-14H,6,9,12H2,1-2H3,(H,23,25)/b19-14-. The second-order valence-electron chi connectivity index (χ2n) is 6.47. The molecule has 8 heteroatoms. The summed E-state index contributed by atoms with van der Waals surface area (Å²) in [5.41, 5.74) is 1.57. The molecule has 1 fully saturated rings. The molecule has 1 aliphatic heterocycles. The van der Waals surface area contributed by atoms with Crippen molar-refractivity contribution in [2.75, 3.05) is 26.1 Å². The van der Waals surface area contributed by atoms with Crippen LogP contribution < -0.4 is 14.8 Å². The number of anilines is 1. The Morgan fingerprint density at radius 2 is 1.87 bits per heavy atom. The summed E-state index contributed by atoms with van der Waals surface area (Å²) in [7, 11) is 3.14. The number of amides is 2. The van der Waals surface area contributed by atoms with Gasteiger partial charge in [-0.3, -0.25) is 14.5 Å². The monoisotopic (exact) mass is 442 g/mol. The molecule has 1 saturated heterocycles. The Hall–Kier alpha value is -2.84. The maximum absolute atomic E-state index is 12.8. The summed E-state index contributed by atoms with van der Waals surface area (Å²) < 4.78 is 11.0. The number of nitrogens with one attached hydrogen (secondary N) is 1. The van der Waals surface area contributed by atoms with Crippen molar-refractivity contribution < 1.29 is 19.1 Å². The molecule has 1 N–H and O–H groups in total. The molecular formula is C22H22N2O4S2. The first-order valence-electron chi connectivity index (χ1n) is 9.34. The molecule has 0 bridgehead atoms. The van der Waals surface area contributed by atoms with E-state index < -0.39 is 0 Å². The predicted molar refractivity (Wildman–Crippen MR) is 124 cm³/mol. The largest absolute Gasteiger partial charge is 0.493 e. The molecule has 3 rings (SSSR count). The Bertz CT molecular complexity index is 976. The number of rotatable bonds is 8. The third-order valence-electron chi connectivity index (χ3n) is 4.42. The molecule has 2 aromatic carbocycles. The number of para-hydroxylation sites is 1. The molecular weight excluding hydrogens is 420 g/mol. The Morgan fingerprint density at radius 3 is 2.57 bits per heavy atom. The van der Waals surface area contributed by atoms with Crippen LogP contribution in [-0.4, -0.2) is 41.8 Å². The molecule has 1 heterocycles. The van der Waals surface area contributed by atoms with Crippen LogP contribution in [0.3, 0.4) is 0 Å². The normalized spacial score (nSPS) is 14.9. The maximum atomic E-state index is 12.8. The molecule has 156 valence electrons. The van der Waals surface area contributed by atoms with Gasteiger partial charge in [0, 0.05) is 18.7 Å². The van der Waals surface area contributed by atoms with Crippen molar-refractivity contribution in [2.45, 2.75) is 12.8 Å². The van der Waals surface area contributed by atoms with E-state index in [0.717, 1.165) is 11.3 Å². The fourth-order valence-corrected chi connectivity index (χ4v) is 4.24. The van der Waals surface area contributed by atoms with Crippen molar-refractivity contribution in [1.29, 1.82) is 0 Å². The number of nitrogens with zero attached hydrogens (tertiary/aromatic N) is 1. The number of methoxy groups -OCH3 is 2. The highest BCUT2D eigenvalue weighted by Gasteiger charge is 2.31. The summed E-state index contributed by atoms with van der Waals surface area (Å²) >= 11 is 6.62. The van der Waals surface area contributed by atoms with E-state index in [1.807, 2.05) is 36.4 Å². The lowest BCUT2D eigenvalue weighted by Gasteiger charge is -2.14. The van der Waals surface area contributed by atoms with Gasteiger partial charge in [-0.25, -0.2) is 0 Å². The average molecular weight is 443 g/mol. The first-order valence-corrected chi connectivity index (χ1v) is 10.6. The number of carbonyl (C=O) groups is 2. The van der Waals surface area contributed by atoms with Crippen LogP contribution in [0.1, 0.15) is 18.4 Å². The van der Waals surface area contributed by atoms with Crippen LogP contribution in [0.25, 0.3) is 6.08 Å². The van der Waals surface area contributed by atoms with Gasteiger partial charge in [-0.2, -0.15) is 0 Å². The minimum absolute atomic E-state index is 0.0903. The number of ether oxygens (including phenoxy) is 2. The van der Waals surface area contributed by atoms with Crippen LogP contribution in [0, 0.1) is 0 Å². The summed E-state index contributed by atoms with van der Waals surface area (Å²) in [6, 6.07) is 14.7. The fraction of sp³-hybridized carbons (Fsp3) is 0.227. The number of thiocarbonyl (C=S) groups is 1. The molecule has 0 atom stereocenters. The molecule has 0 unspecified atom stereocenters. The van der Waals surface area contributed by atoms with Crippen LogP contribution in [-0.2, 0) is 9.59 Å². The van der Waals surface area contributed by atoms with Crippen LogP contribution in [0.15, 0.2) is 53.4 Å². The second kappa shape index (κ2) is 10.3. The zero-order chi connectivity index (χ0) is 21.5. The first kappa shape index (κ1) is 21.9. The predicted octanol–water partition coefficient (Wildman–Crippen LogP) is 4.32. The molecule has 30 heavy (non-hydrogen) atoms. The molecule has 6 nitrogen and oxygen atoms in total. The first-order chi connectivity index (χ1) is 14.5. The van der Waals surface area contributed by atoms with Crippen LogP contribution in [0.4, 0.5) is 5.69 Å². The fourth-order valence-electron chi connectivity index (χ4n) is 2.93. The summed E-state index contributed by atoms with van der Waals surface area (Å²) in [6.07, 6.45) is 2.61. The molecule has 1 aliphatic rings. The molecule has 0 aromatic heterocycles. The Balaban J connectivity index is 1.58. The van der Waals surface area contributed by atoms with Crippen LogP contribution in [0.2, 0.25) is 0 Å². The van der Waals surface area contributed by atoms with Gasteiger partial charge in [0.1, 0.15) is 4.32 Å². The molecule has 0 aliphatic carbocycles. The zero-order valence-electron chi connectivity index (χ0n) is 16.7. The number of carbonyl (C=O) groups excluding carboxylic acids is 2. The zero-order valence-corrected chi connectivity index (χ0v) is 18.3. The van der Waals surface area contributed by atoms with Crippen LogP contribution in [0.5, 0.6) is 11.5 Å². The summed E-state index contributed by atoms with van der Waals surface area (Å²) in [4.78, 5) is 26.9. The van der Waals surface area contributed by atoms with Crippen molar-refractivity contribution in [3.8, 4) is 11.5 Å². The Labute approximate surface area is 185 Å². The van der Waals surface area contributed by atoms with E-state index in [2.05, 4.69) is 5.32 Å². The van der Waals surface area contributed by atoms with Gasteiger partial charge in [-0.05, 0) is 42.3 Å². The van der Waals surface area contributed by atoms with E-state index in [-0.39, 0.29) is 11.8 Å². The summed E-state index contributed by atoms with van der Waals surface area (Å²) in [5.74, 6) is 0.970. The van der Waals surface area contributed by atoms with Crippen molar-refractivity contribution in [2.24, 2.45) is 0 Å². The smallest absolute Gasteiger partial charge is 0.266 e. The van der Waals surface area contributed by atoms with E-state index in [1.165, 1.54) is 11.8 Å². The minimum atomic E-state index is -0.150. The lowest BCUT2D eigenvalue weighted by atomic mass is 10.2. The van der Waals surface area contributed by atoms with Gasteiger partial charge in [-0.1, -0.05) is 48.2 Å². The lowest BCUT2D eigenvalue weighted by Crippen LogP contribution is -2.29. The number of hydrogen-bond donors (Lipinski definition) is 1. The minimum Gasteiger partial charge on any atom is -0.493 e. The van der Waals surface area contributed by atoms with E-state index in [0.29, 0.717) is 40.1 Å².